The zero-order chi connectivity index (χ0) is 15.0. The zero-order valence-corrected chi connectivity index (χ0v) is 12.8. The summed E-state index contributed by atoms with van der Waals surface area (Å²) in [6.07, 6.45) is 0. The van der Waals surface area contributed by atoms with Crippen molar-refractivity contribution in [3.63, 3.8) is 0 Å². The number of halogens is 3. The summed E-state index contributed by atoms with van der Waals surface area (Å²) in [7, 11) is 0. The topological polar surface area (TPSA) is 42.2 Å². The number of hydrogen-bond acceptors (Lipinski definition) is 2. The van der Waals surface area contributed by atoms with E-state index in [2.05, 4.69) is 21.2 Å². The molecule has 0 radical (unpaired) electrons. The maximum Gasteiger partial charge on any atom is 0.291 e. The minimum atomic E-state index is -0.565. The molecule has 0 saturated heterocycles. The van der Waals surface area contributed by atoms with Gasteiger partial charge in [-0.3, -0.25) is 4.79 Å². The van der Waals surface area contributed by atoms with Crippen molar-refractivity contribution in [2.45, 2.75) is 0 Å². The number of furan rings is 1. The number of nitrogens with one attached hydrogen (secondary N) is 1. The minimum Gasteiger partial charge on any atom is -0.450 e. The third-order valence-corrected chi connectivity index (χ3v) is 3.76. The summed E-state index contributed by atoms with van der Waals surface area (Å²) in [5.41, 5.74) is 0.571. The van der Waals surface area contributed by atoms with E-state index in [1.54, 1.807) is 6.07 Å². The molecule has 0 aliphatic heterocycles. The number of rotatable bonds is 2. The van der Waals surface area contributed by atoms with Crippen LogP contribution in [0, 0.1) is 5.82 Å². The summed E-state index contributed by atoms with van der Waals surface area (Å²) in [4.78, 5) is 12.1. The molecule has 0 bridgehead atoms. The van der Waals surface area contributed by atoms with Gasteiger partial charge < -0.3 is 9.73 Å². The average molecular weight is 369 g/mol. The van der Waals surface area contributed by atoms with Crippen molar-refractivity contribution in [2.24, 2.45) is 0 Å². The van der Waals surface area contributed by atoms with Crippen molar-refractivity contribution in [1.82, 2.24) is 0 Å². The SMILES string of the molecule is O=C(Nc1cc(Cl)ccc1F)c1cc2cccc(Br)c2o1. The van der Waals surface area contributed by atoms with Crippen LogP contribution in [0.15, 0.2) is 51.4 Å². The molecule has 1 N–H and O–H groups in total. The van der Waals surface area contributed by atoms with Crippen LogP contribution in [-0.4, -0.2) is 5.91 Å². The highest BCUT2D eigenvalue weighted by atomic mass is 79.9. The van der Waals surface area contributed by atoms with Crippen LogP contribution in [0.25, 0.3) is 11.0 Å². The van der Waals surface area contributed by atoms with Crippen molar-refractivity contribution in [3.8, 4) is 0 Å². The van der Waals surface area contributed by atoms with E-state index in [-0.39, 0.29) is 11.4 Å². The normalized spacial score (nSPS) is 10.8. The summed E-state index contributed by atoms with van der Waals surface area (Å²) >= 11 is 9.13. The molecule has 0 unspecified atom stereocenters. The Morgan fingerprint density at radius 3 is 2.81 bits per heavy atom. The largest absolute Gasteiger partial charge is 0.450 e. The Hall–Kier alpha value is -1.85. The third kappa shape index (κ3) is 2.80. The van der Waals surface area contributed by atoms with Crippen LogP contribution < -0.4 is 5.32 Å². The lowest BCUT2D eigenvalue weighted by Gasteiger charge is -2.04. The maximum atomic E-state index is 13.6. The molecule has 0 aliphatic rings. The summed E-state index contributed by atoms with van der Waals surface area (Å²) in [6.45, 7) is 0. The van der Waals surface area contributed by atoms with Gasteiger partial charge in [-0.05, 0) is 46.3 Å². The van der Waals surface area contributed by atoms with Gasteiger partial charge in [0.1, 0.15) is 11.4 Å². The Labute approximate surface area is 132 Å². The second kappa shape index (κ2) is 5.50. The Morgan fingerprint density at radius 1 is 1.24 bits per heavy atom. The minimum absolute atomic E-state index is 0.00650. The molecule has 1 amide bonds. The lowest BCUT2D eigenvalue weighted by molar-refractivity contribution is 0.0998. The van der Waals surface area contributed by atoms with Crippen molar-refractivity contribution < 1.29 is 13.6 Å². The van der Waals surface area contributed by atoms with Gasteiger partial charge in [-0.2, -0.15) is 0 Å². The van der Waals surface area contributed by atoms with Crippen LogP contribution in [0.4, 0.5) is 10.1 Å². The number of anilines is 1. The smallest absolute Gasteiger partial charge is 0.291 e. The molecule has 3 aromatic rings. The van der Waals surface area contributed by atoms with Gasteiger partial charge in [-0.15, -0.1) is 0 Å². The Morgan fingerprint density at radius 2 is 2.05 bits per heavy atom. The summed E-state index contributed by atoms with van der Waals surface area (Å²) in [6, 6.07) is 11.0. The van der Waals surface area contributed by atoms with E-state index in [0.717, 1.165) is 9.86 Å². The molecule has 6 heteroatoms. The molecule has 3 rings (SSSR count). The number of amides is 1. The van der Waals surface area contributed by atoms with E-state index in [0.29, 0.717) is 10.6 Å². The summed E-state index contributed by atoms with van der Waals surface area (Å²) < 4.78 is 19.8. The summed E-state index contributed by atoms with van der Waals surface area (Å²) in [5, 5.41) is 3.55. The third-order valence-electron chi connectivity index (χ3n) is 2.90. The highest BCUT2D eigenvalue weighted by molar-refractivity contribution is 9.10. The molecule has 21 heavy (non-hydrogen) atoms. The number of carbonyl (C=O) groups excluding carboxylic acids is 1. The molecular weight excluding hydrogens is 361 g/mol. The summed E-state index contributed by atoms with van der Waals surface area (Å²) in [5.74, 6) is -1.01. The van der Waals surface area contributed by atoms with Gasteiger partial charge in [0.15, 0.2) is 5.76 Å². The van der Waals surface area contributed by atoms with Crippen molar-refractivity contribution in [3.05, 3.63) is 63.5 Å². The quantitative estimate of drug-likeness (QED) is 0.672. The first kappa shape index (κ1) is 14.1. The van der Waals surface area contributed by atoms with E-state index in [9.17, 15) is 9.18 Å². The van der Waals surface area contributed by atoms with E-state index < -0.39 is 11.7 Å². The molecule has 1 heterocycles. The zero-order valence-electron chi connectivity index (χ0n) is 10.5. The molecule has 106 valence electrons. The molecule has 2 aromatic carbocycles. The van der Waals surface area contributed by atoms with E-state index >= 15 is 0 Å². The highest BCUT2D eigenvalue weighted by Gasteiger charge is 2.15. The number of benzene rings is 2. The van der Waals surface area contributed by atoms with Gasteiger partial charge in [0.2, 0.25) is 0 Å². The second-order valence-electron chi connectivity index (χ2n) is 4.35. The first-order valence-electron chi connectivity index (χ1n) is 5.99. The predicted octanol–water partition coefficient (Wildman–Crippen LogP) is 5.24. The van der Waals surface area contributed by atoms with Gasteiger partial charge in [0, 0.05) is 10.4 Å². The predicted molar refractivity (Wildman–Crippen MR) is 83.3 cm³/mol. The monoisotopic (exact) mass is 367 g/mol. The van der Waals surface area contributed by atoms with Crippen molar-refractivity contribution >= 4 is 50.1 Å². The van der Waals surface area contributed by atoms with Crippen LogP contribution in [0.3, 0.4) is 0 Å². The Kier molecular flexibility index (Phi) is 3.69. The Balaban J connectivity index is 1.93. The average Bonchev–Trinajstić information content (AvgIpc) is 2.88. The fourth-order valence-corrected chi connectivity index (χ4v) is 2.55. The van der Waals surface area contributed by atoms with Gasteiger partial charge in [0.25, 0.3) is 5.91 Å². The Bertz CT molecular complexity index is 847. The highest BCUT2D eigenvalue weighted by Crippen LogP contribution is 2.28. The number of carbonyl (C=O) groups is 1. The van der Waals surface area contributed by atoms with Crippen LogP contribution in [0.1, 0.15) is 10.6 Å². The molecular formula is C15H8BrClFNO2. The fourth-order valence-electron chi connectivity index (χ4n) is 1.92. The van der Waals surface area contributed by atoms with Crippen molar-refractivity contribution in [2.75, 3.05) is 5.32 Å². The first-order chi connectivity index (χ1) is 10.0. The molecule has 0 spiro atoms. The first-order valence-corrected chi connectivity index (χ1v) is 7.16. The van der Waals surface area contributed by atoms with Gasteiger partial charge in [-0.1, -0.05) is 23.7 Å². The molecule has 3 nitrogen and oxygen atoms in total. The standard InChI is InChI=1S/C15H8BrClFNO2/c16-10-3-1-2-8-6-13(21-14(8)10)15(20)19-12-7-9(17)4-5-11(12)18/h1-7H,(H,19,20). The maximum absolute atomic E-state index is 13.6. The van der Waals surface area contributed by atoms with Crippen LogP contribution in [-0.2, 0) is 0 Å². The molecule has 0 aliphatic carbocycles. The van der Waals surface area contributed by atoms with E-state index in [1.165, 1.54) is 18.2 Å². The fraction of sp³-hybridized carbons (Fsp3) is 0. The molecule has 0 atom stereocenters. The molecule has 0 fully saturated rings. The lowest BCUT2D eigenvalue weighted by Crippen LogP contribution is -2.12. The van der Waals surface area contributed by atoms with E-state index in [1.807, 2.05) is 18.2 Å². The van der Waals surface area contributed by atoms with Crippen LogP contribution >= 0.6 is 27.5 Å². The number of hydrogen-bond donors (Lipinski definition) is 1. The second-order valence-corrected chi connectivity index (χ2v) is 5.64. The number of fused-ring (bicyclic) bond motifs is 1. The molecule has 1 aromatic heterocycles. The van der Waals surface area contributed by atoms with Gasteiger partial charge in [-0.25, -0.2) is 4.39 Å². The lowest BCUT2D eigenvalue weighted by atomic mass is 10.2. The molecule has 0 saturated carbocycles. The number of para-hydroxylation sites is 1. The van der Waals surface area contributed by atoms with Crippen molar-refractivity contribution in [1.29, 1.82) is 0 Å². The van der Waals surface area contributed by atoms with E-state index in [4.69, 9.17) is 16.0 Å². The van der Waals surface area contributed by atoms with Gasteiger partial charge in [0.05, 0.1) is 10.2 Å². The van der Waals surface area contributed by atoms with Crippen LogP contribution in [0.5, 0.6) is 0 Å². The van der Waals surface area contributed by atoms with Gasteiger partial charge >= 0.3 is 0 Å². The van der Waals surface area contributed by atoms with Crippen LogP contribution in [0.2, 0.25) is 5.02 Å².